The third-order valence-corrected chi connectivity index (χ3v) is 1.71. The Labute approximate surface area is 81.2 Å². The van der Waals surface area contributed by atoms with Gasteiger partial charge in [-0.2, -0.15) is 4.98 Å². The summed E-state index contributed by atoms with van der Waals surface area (Å²) >= 11 is 0. The Bertz CT molecular complexity index is 307. The van der Waals surface area contributed by atoms with E-state index in [9.17, 15) is 4.39 Å². The number of rotatable bonds is 4. The zero-order chi connectivity index (χ0) is 10.6. The molecule has 0 spiro atoms. The minimum atomic E-state index is -0.634. The molecule has 1 heterocycles. The van der Waals surface area contributed by atoms with Gasteiger partial charge in [-0.3, -0.25) is 0 Å². The molecule has 0 amide bonds. The van der Waals surface area contributed by atoms with Crippen molar-refractivity contribution in [3.63, 3.8) is 0 Å². The van der Waals surface area contributed by atoms with Crippen molar-refractivity contribution < 1.29 is 9.50 Å². The third kappa shape index (κ3) is 2.81. The van der Waals surface area contributed by atoms with E-state index in [1.807, 2.05) is 6.92 Å². The highest BCUT2D eigenvalue weighted by Crippen LogP contribution is 2.08. The van der Waals surface area contributed by atoms with Crippen molar-refractivity contribution in [2.24, 2.45) is 0 Å². The summed E-state index contributed by atoms with van der Waals surface area (Å²) in [7, 11) is 0. The number of aliphatic hydroxyl groups excluding tert-OH is 1. The van der Waals surface area contributed by atoms with Crippen LogP contribution in [0.25, 0.3) is 0 Å². The van der Waals surface area contributed by atoms with Crippen LogP contribution >= 0.6 is 0 Å². The first-order chi connectivity index (χ1) is 6.63. The van der Waals surface area contributed by atoms with Gasteiger partial charge in [-0.25, -0.2) is 9.37 Å². The van der Waals surface area contributed by atoms with Crippen LogP contribution < -0.4 is 11.1 Å². The first-order valence-corrected chi connectivity index (χ1v) is 4.29. The summed E-state index contributed by atoms with van der Waals surface area (Å²) < 4.78 is 12.7. The number of aromatic nitrogens is 2. The number of nitrogens with two attached hydrogens (primary N) is 1. The van der Waals surface area contributed by atoms with Gasteiger partial charge in [-0.05, 0) is 13.3 Å². The normalized spacial score (nSPS) is 12.5. The van der Waals surface area contributed by atoms with E-state index in [0.717, 1.165) is 6.20 Å². The molecule has 1 atom stereocenters. The molecule has 6 heteroatoms. The van der Waals surface area contributed by atoms with Gasteiger partial charge >= 0.3 is 0 Å². The fourth-order valence-corrected chi connectivity index (χ4v) is 0.936. The van der Waals surface area contributed by atoms with Crippen LogP contribution in [0.3, 0.4) is 0 Å². The summed E-state index contributed by atoms with van der Waals surface area (Å²) in [5, 5.41) is 11.5. The van der Waals surface area contributed by atoms with Gasteiger partial charge in [-0.1, -0.05) is 0 Å². The van der Waals surface area contributed by atoms with Gasteiger partial charge in [0.15, 0.2) is 11.6 Å². The molecule has 4 N–H and O–H groups in total. The van der Waals surface area contributed by atoms with Gasteiger partial charge in [0.25, 0.3) is 0 Å². The van der Waals surface area contributed by atoms with Crippen LogP contribution in [-0.4, -0.2) is 27.7 Å². The number of anilines is 2. The Kier molecular flexibility index (Phi) is 3.58. The van der Waals surface area contributed by atoms with Crippen LogP contribution in [0.2, 0.25) is 0 Å². The molecule has 0 radical (unpaired) electrons. The molecule has 1 unspecified atom stereocenters. The van der Waals surface area contributed by atoms with Crippen molar-refractivity contribution in [3.8, 4) is 0 Å². The van der Waals surface area contributed by atoms with Crippen molar-refractivity contribution in [2.75, 3.05) is 17.7 Å². The first kappa shape index (κ1) is 10.6. The van der Waals surface area contributed by atoms with Gasteiger partial charge in [0.1, 0.15) is 0 Å². The lowest BCUT2D eigenvalue weighted by atomic mass is 10.2. The van der Waals surface area contributed by atoms with E-state index in [0.29, 0.717) is 6.42 Å². The summed E-state index contributed by atoms with van der Waals surface area (Å²) in [6, 6.07) is 0.0184. The Hall–Kier alpha value is -1.43. The lowest BCUT2D eigenvalue weighted by molar-refractivity contribution is 0.282. The Morgan fingerprint density at radius 2 is 2.43 bits per heavy atom. The topological polar surface area (TPSA) is 84.1 Å². The molecule has 0 aromatic carbocycles. The number of aliphatic hydroxyl groups is 1. The average molecular weight is 200 g/mol. The molecular weight excluding hydrogens is 187 g/mol. The fraction of sp³-hybridized carbons (Fsp3) is 0.500. The van der Waals surface area contributed by atoms with Crippen molar-refractivity contribution in [3.05, 3.63) is 12.0 Å². The van der Waals surface area contributed by atoms with E-state index in [2.05, 4.69) is 15.3 Å². The monoisotopic (exact) mass is 200 g/mol. The van der Waals surface area contributed by atoms with Crippen LogP contribution in [0.4, 0.5) is 16.2 Å². The van der Waals surface area contributed by atoms with Crippen LogP contribution in [0.5, 0.6) is 0 Å². The van der Waals surface area contributed by atoms with Gasteiger partial charge in [0.05, 0.1) is 6.20 Å². The highest BCUT2D eigenvalue weighted by Gasteiger charge is 2.05. The van der Waals surface area contributed by atoms with Gasteiger partial charge in [-0.15, -0.1) is 0 Å². The van der Waals surface area contributed by atoms with Crippen LogP contribution in [0.1, 0.15) is 13.3 Å². The average Bonchev–Trinajstić information content (AvgIpc) is 2.12. The molecule has 78 valence electrons. The maximum absolute atomic E-state index is 12.7. The molecule has 0 aliphatic heterocycles. The number of nitrogens with one attached hydrogen (secondary N) is 1. The largest absolute Gasteiger partial charge is 0.396 e. The molecular formula is C8H13FN4O. The third-order valence-electron chi connectivity index (χ3n) is 1.71. The van der Waals surface area contributed by atoms with Crippen LogP contribution in [0, 0.1) is 5.82 Å². The first-order valence-electron chi connectivity index (χ1n) is 4.29. The Balaban J connectivity index is 2.63. The predicted molar refractivity (Wildman–Crippen MR) is 51.2 cm³/mol. The predicted octanol–water partition coefficient (Wildman–Crippen LogP) is 0.381. The Morgan fingerprint density at radius 3 is 3.00 bits per heavy atom. The maximum atomic E-state index is 12.7. The van der Waals surface area contributed by atoms with E-state index < -0.39 is 5.82 Å². The van der Waals surface area contributed by atoms with Crippen LogP contribution in [-0.2, 0) is 0 Å². The van der Waals surface area contributed by atoms with E-state index in [-0.39, 0.29) is 24.4 Å². The quantitative estimate of drug-likeness (QED) is 0.654. The van der Waals surface area contributed by atoms with E-state index in [1.165, 1.54) is 0 Å². The van der Waals surface area contributed by atoms with Crippen molar-refractivity contribution >= 4 is 11.8 Å². The summed E-state index contributed by atoms with van der Waals surface area (Å²) in [6.07, 6.45) is 1.58. The molecule has 14 heavy (non-hydrogen) atoms. The van der Waals surface area contributed by atoms with Gasteiger partial charge in [0.2, 0.25) is 5.95 Å². The van der Waals surface area contributed by atoms with Crippen LogP contribution in [0.15, 0.2) is 6.20 Å². The van der Waals surface area contributed by atoms with Gasteiger partial charge in [0, 0.05) is 12.6 Å². The van der Waals surface area contributed by atoms with Crippen molar-refractivity contribution in [1.82, 2.24) is 9.97 Å². The number of nitrogens with zero attached hydrogens (tertiary/aromatic N) is 2. The van der Waals surface area contributed by atoms with E-state index in [4.69, 9.17) is 10.8 Å². The minimum Gasteiger partial charge on any atom is -0.396 e. The highest BCUT2D eigenvalue weighted by atomic mass is 19.1. The molecule has 0 saturated carbocycles. The van der Waals surface area contributed by atoms with E-state index in [1.54, 1.807) is 0 Å². The lowest BCUT2D eigenvalue weighted by Crippen LogP contribution is -2.18. The molecule has 0 bridgehead atoms. The number of nitrogen functional groups attached to an aromatic ring is 1. The Morgan fingerprint density at radius 1 is 1.71 bits per heavy atom. The molecule has 0 aliphatic rings. The van der Waals surface area contributed by atoms with E-state index >= 15 is 0 Å². The lowest BCUT2D eigenvalue weighted by Gasteiger charge is -2.11. The zero-order valence-electron chi connectivity index (χ0n) is 7.87. The minimum absolute atomic E-state index is 0.0184. The molecule has 0 aliphatic carbocycles. The molecule has 0 saturated heterocycles. The standard InChI is InChI=1S/C8H13FN4O/c1-5(2-3-14)12-8-11-4-6(9)7(10)13-8/h4-5,14H,2-3H2,1H3,(H3,10,11,12,13). The van der Waals surface area contributed by atoms with Gasteiger partial charge < -0.3 is 16.2 Å². The molecule has 1 rings (SSSR count). The smallest absolute Gasteiger partial charge is 0.224 e. The number of hydrogen-bond donors (Lipinski definition) is 3. The summed E-state index contributed by atoms with van der Waals surface area (Å²) in [4.78, 5) is 7.40. The second kappa shape index (κ2) is 4.71. The number of hydrogen-bond acceptors (Lipinski definition) is 5. The highest BCUT2D eigenvalue weighted by molar-refractivity contribution is 5.36. The number of halogens is 1. The zero-order valence-corrected chi connectivity index (χ0v) is 7.87. The second-order valence-electron chi connectivity index (χ2n) is 2.98. The molecule has 1 aromatic rings. The summed E-state index contributed by atoms with van der Waals surface area (Å²) in [5.74, 6) is -0.547. The van der Waals surface area contributed by atoms with Crippen molar-refractivity contribution in [2.45, 2.75) is 19.4 Å². The fourth-order valence-electron chi connectivity index (χ4n) is 0.936. The molecule has 1 aromatic heterocycles. The van der Waals surface area contributed by atoms with Crippen molar-refractivity contribution in [1.29, 1.82) is 0 Å². The molecule has 5 nitrogen and oxygen atoms in total. The maximum Gasteiger partial charge on any atom is 0.224 e. The SMILES string of the molecule is CC(CCO)Nc1ncc(F)c(N)n1. The summed E-state index contributed by atoms with van der Waals surface area (Å²) in [6.45, 7) is 1.93. The molecule has 0 fully saturated rings. The second-order valence-corrected chi connectivity index (χ2v) is 2.98. The summed E-state index contributed by atoms with van der Waals surface area (Å²) in [5.41, 5.74) is 5.25.